The maximum absolute atomic E-state index is 6.25. The van der Waals surface area contributed by atoms with E-state index in [0.717, 1.165) is 10.9 Å². The van der Waals surface area contributed by atoms with Crippen LogP contribution in [0.3, 0.4) is 0 Å². The molecule has 2 aromatic rings. The van der Waals surface area contributed by atoms with Gasteiger partial charge in [-0.25, -0.2) is 0 Å². The molecule has 0 amide bonds. The van der Waals surface area contributed by atoms with Crippen molar-refractivity contribution in [2.24, 2.45) is 0 Å². The number of hydrogen-bond acceptors (Lipinski definition) is 2. The number of fused-ring (bicyclic) bond motifs is 1. The Morgan fingerprint density at radius 3 is 2.64 bits per heavy atom. The number of para-hydroxylation sites is 1. The third-order valence-corrected chi connectivity index (χ3v) is 1.68. The molecule has 14 heavy (non-hydrogen) atoms. The van der Waals surface area contributed by atoms with Gasteiger partial charge < -0.3 is 21.4 Å². The molecule has 1 radical (unpaired) electrons. The van der Waals surface area contributed by atoms with Crippen molar-refractivity contribution in [2.75, 3.05) is 7.11 Å². The molecule has 0 N–H and O–H groups in total. The Morgan fingerprint density at radius 2 is 2.00 bits per heavy atom. The van der Waals surface area contributed by atoms with Crippen molar-refractivity contribution in [1.29, 1.82) is 5.26 Å². The number of aromatic nitrogens is 1. The second kappa shape index (κ2) is 6.09. The van der Waals surface area contributed by atoms with Gasteiger partial charge in [-0.2, -0.15) is 11.5 Å². The second-order valence-electron chi connectivity index (χ2n) is 2.31. The number of benzene rings is 1. The first-order valence-electron chi connectivity index (χ1n) is 3.67. The maximum atomic E-state index is 6.25. The minimum absolute atomic E-state index is 0. The van der Waals surface area contributed by atoms with E-state index in [1.54, 1.807) is 11.8 Å². The Kier molecular flexibility index (Phi) is 5.47. The van der Waals surface area contributed by atoms with Gasteiger partial charge in [-0.15, -0.1) is 12.1 Å². The second-order valence-corrected chi connectivity index (χ2v) is 2.31. The Bertz CT molecular complexity index is 408. The molecular weight excluding hydrogens is 228 g/mol. The van der Waals surface area contributed by atoms with Gasteiger partial charge in [-0.3, -0.25) is 0 Å². The SMILES string of the molecule is COn1[c-]cc2ccccc21.[C-]#N.[Cu+2]. The molecule has 2 rings (SSSR count). The van der Waals surface area contributed by atoms with Gasteiger partial charge in [0.15, 0.2) is 0 Å². The average Bonchev–Trinajstić information content (AvgIpc) is 2.64. The van der Waals surface area contributed by atoms with E-state index in [9.17, 15) is 0 Å². The largest absolute Gasteiger partial charge is 2.00 e. The van der Waals surface area contributed by atoms with E-state index in [-0.39, 0.29) is 17.1 Å². The first-order chi connectivity index (χ1) is 6.42. The zero-order valence-corrected chi connectivity index (χ0v) is 8.43. The number of rotatable bonds is 1. The summed E-state index contributed by atoms with van der Waals surface area (Å²) in [4.78, 5) is 5.03. The molecule has 1 heterocycles. The molecule has 0 fully saturated rings. The Morgan fingerprint density at radius 1 is 1.36 bits per heavy atom. The van der Waals surface area contributed by atoms with E-state index in [2.05, 4.69) is 6.20 Å². The van der Waals surface area contributed by atoms with Crippen LogP contribution < -0.4 is 4.84 Å². The third-order valence-electron chi connectivity index (χ3n) is 1.68. The van der Waals surface area contributed by atoms with Crippen molar-refractivity contribution in [2.45, 2.75) is 0 Å². The summed E-state index contributed by atoms with van der Waals surface area (Å²) >= 11 is 0. The Hall–Kier alpha value is -1.43. The fourth-order valence-corrected chi connectivity index (χ4v) is 1.14. The predicted molar refractivity (Wildman–Crippen MR) is 48.2 cm³/mol. The van der Waals surface area contributed by atoms with Gasteiger partial charge in [-0.1, -0.05) is 23.8 Å². The molecule has 4 heteroatoms. The summed E-state index contributed by atoms with van der Waals surface area (Å²) in [6.07, 6.45) is 2.96. The minimum Gasteiger partial charge on any atom is -0.512 e. The van der Waals surface area contributed by atoms with Crippen LogP contribution in [0.2, 0.25) is 0 Å². The molecule has 0 spiro atoms. The zero-order chi connectivity index (χ0) is 9.68. The third kappa shape index (κ3) is 2.29. The van der Waals surface area contributed by atoms with Gasteiger partial charge in [0, 0.05) is 0 Å². The number of nitrogens with zero attached hydrogens (tertiary/aromatic N) is 2. The van der Waals surface area contributed by atoms with Gasteiger partial charge in [0.2, 0.25) is 0 Å². The molecule has 75 valence electrons. The van der Waals surface area contributed by atoms with Crippen LogP contribution in [0.25, 0.3) is 10.9 Å². The smallest absolute Gasteiger partial charge is 0.512 e. The first kappa shape index (κ1) is 12.6. The van der Waals surface area contributed by atoms with Crippen molar-refractivity contribution >= 4 is 10.9 Å². The molecule has 0 aliphatic rings. The van der Waals surface area contributed by atoms with Crippen LogP contribution in [0.5, 0.6) is 0 Å². The summed E-state index contributed by atoms with van der Waals surface area (Å²) in [7, 11) is 1.63. The fraction of sp³-hybridized carbons (Fsp3) is 0.100. The quantitative estimate of drug-likeness (QED) is 0.556. The molecule has 0 aliphatic heterocycles. The van der Waals surface area contributed by atoms with E-state index < -0.39 is 0 Å². The molecule has 0 atom stereocenters. The molecule has 0 saturated carbocycles. The van der Waals surface area contributed by atoms with Crippen LogP contribution in [0.1, 0.15) is 0 Å². The Labute approximate surface area is 93.3 Å². The molecule has 0 bridgehead atoms. The standard InChI is InChI=1S/C9H8NO.CN.Cu/c1-11-10-7-6-8-4-2-3-5-9(8)10;1-2;/h2-6H,1H3;;/q2*-1;+2. The van der Waals surface area contributed by atoms with Crippen molar-refractivity contribution in [1.82, 2.24) is 4.73 Å². The van der Waals surface area contributed by atoms with E-state index >= 15 is 0 Å². The fourth-order valence-electron chi connectivity index (χ4n) is 1.14. The molecule has 0 saturated heterocycles. The summed E-state index contributed by atoms with van der Waals surface area (Å²) in [5, 5.41) is 7.40. The normalized spacial score (nSPS) is 8.21. The first-order valence-corrected chi connectivity index (χ1v) is 3.67. The summed E-state index contributed by atoms with van der Waals surface area (Å²) in [5.74, 6) is 0. The van der Waals surface area contributed by atoms with E-state index in [1.165, 1.54) is 0 Å². The van der Waals surface area contributed by atoms with Gasteiger partial charge in [0.1, 0.15) is 7.11 Å². The minimum atomic E-state index is 0. The van der Waals surface area contributed by atoms with E-state index in [0.29, 0.717) is 0 Å². The van der Waals surface area contributed by atoms with E-state index in [4.69, 9.17) is 16.7 Å². The summed E-state index contributed by atoms with van der Waals surface area (Å²) in [6.45, 7) is 4.75. The van der Waals surface area contributed by atoms with Crippen LogP contribution in [0.15, 0.2) is 30.3 Å². The average molecular weight is 236 g/mol. The van der Waals surface area contributed by atoms with Crippen LogP contribution in [-0.4, -0.2) is 11.8 Å². The summed E-state index contributed by atoms with van der Waals surface area (Å²) in [6, 6.07) is 9.90. The summed E-state index contributed by atoms with van der Waals surface area (Å²) < 4.78 is 1.62. The van der Waals surface area contributed by atoms with Gasteiger partial charge >= 0.3 is 17.1 Å². The van der Waals surface area contributed by atoms with Crippen LogP contribution in [0.4, 0.5) is 0 Å². The summed E-state index contributed by atoms with van der Waals surface area (Å²) in [5.41, 5.74) is 1.05. The van der Waals surface area contributed by atoms with Crippen molar-refractivity contribution in [3.8, 4) is 0 Å². The van der Waals surface area contributed by atoms with Crippen LogP contribution >= 0.6 is 0 Å². The van der Waals surface area contributed by atoms with Gasteiger partial charge in [-0.05, 0) is 0 Å². The molecule has 0 aliphatic carbocycles. The van der Waals surface area contributed by atoms with Crippen molar-refractivity contribution in [3.05, 3.63) is 43.1 Å². The predicted octanol–water partition coefficient (Wildman–Crippen LogP) is 1.59. The molecular formula is C10H8CuN2O. The van der Waals surface area contributed by atoms with E-state index in [1.807, 2.05) is 30.3 Å². The van der Waals surface area contributed by atoms with Gasteiger partial charge in [0.25, 0.3) is 0 Å². The molecule has 0 unspecified atom stereocenters. The number of hydrogen-bond donors (Lipinski definition) is 0. The van der Waals surface area contributed by atoms with Crippen molar-refractivity contribution < 1.29 is 21.9 Å². The maximum Gasteiger partial charge on any atom is 2.00 e. The molecule has 1 aromatic carbocycles. The molecule has 1 aromatic heterocycles. The Balaban J connectivity index is 0.000000531. The monoisotopic (exact) mass is 235 g/mol. The molecule has 3 nitrogen and oxygen atoms in total. The van der Waals surface area contributed by atoms with Crippen LogP contribution in [0, 0.1) is 18.0 Å². The van der Waals surface area contributed by atoms with Crippen molar-refractivity contribution in [3.63, 3.8) is 0 Å². The topological polar surface area (TPSA) is 38.0 Å². The zero-order valence-electron chi connectivity index (χ0n) is 7.49. The van der Waals surface area contributed by atoms with Gasteiger partial charge in [0.05, 0.1) is 0 Å². The van der Waals surface area contributed by atoms with Crippen LogP contribution in [-0.2, 0) is 17.1 Å².